The molecule has 2 nitrogen and oxygen atoms in total. The van der Waals surface area contributed by atoms with Crippen LogP contribution < -0.4 is 0 Å². The number of carbonyl (C=O) groups is 1. The molecule has 34 heavy (non-hydrogen) atoms. The zero-order valence-electron chi connectivity index (χ0n) is 23.1. The van der Waals surface area contributed by atoms with Gasteiger partial charge in [0.05, 0.1) is 5.41 Å². The first-order valence-electron chi connectivity index (χ1n) is 15.8. The first-order chi connectivity index (χ1) is 16.5. The fourth-order valence-electron chi connectivity index (χ4n) is 8.99. The highest BCUT2D eigenvalue weighted by molar-refractivity contribution is 5.76. The minimum Gasteiger partial charge on any atom is -0.481 e. The van der Waals surface area contributed by atoms with Gasteiger partial charge in [0.2, 0.25) is 0 Å². The molecule has 2 heteroatoms. The lowest BCUT2D eigenvalue weighted by atomic mass is 9.46. The van der Waals surface area contributed by atoms with Gasteiger partial charge < -0.3 is 5.11 Å². The first kappa shape index (κ1) is 28.0. The maximum atomic E-state index is 13.0. The lowest BCUT2D eigenvalue weighted by Crippen LogP contribution is -2.53. The van der Waals surface area contributed by atoms with Crippen LogP contribution in [0.25, 0.3) is 0 Å². The molecule has 3 aliphatic rings. The second-order valence-electron chi connectivity index (χ2n) is 12.9. The van der Waals surface area contributed by atoms with E-state index < -0.39 is 11.4 Å². The van der Waals surface area contributed by atoms with Crippen LogP contribution in [0.3, 0.4) is 0 Å². The Balaban J connectivity index is 1.70. The topological polar surface area (TPSA) is 37.3 Å². The van der Waals surface area contributed by atoms with Crippen LogP contribution in [-0.2, 0) is 4.79 Å². The van der Waals surface area contributed by atoms with Crippen molar-refractivity contribution >= 4 is 5.97 Å². The van der Waals surface area contributed by atoms with E-state index in [0.717, 1.165) is 31.6 Å². The van der Waals surface area contributed by atoms with E-state index in [0.29, 0.717) is 5.41 Å². The number of aliphatic carboxylic acids is 1. The van der Waals surface area contributed by atoms with Gasteiger partial charge in [-0.15, -0.1) is 0 Å². The monoisotopic (exact) mass is 474 g/mol. The smallest absolute Gasteiger partial charge is 0.310 e. The Bertz CT molecular complexity index is 574. The van der Waals surface area contributed by atoms with Crippen molar-refractivity contribution in [3.63, 3.8) is 0 Å². The second kappa shape index (κ2) is 13.7. The van der Waals surface area contributed by atoms with Crippen molar-refractivity contribution in [1.82, 2.24) is 0 Å². The summed E-state index contributed by atoms with van der Waals surface area (Å²) >= 11 is 0. The number of unbranched alkanes of at least 4 members (excludes halogenated alkanes) is 7. The Labute approximate surface area is 212 Å². The third-order valence-electron chi connectivity index (χ3n) is 11.1. The molecule has 0 bridgehead atoms. The molecule has 0 aliphatic heterocycles. The Morgan fingerprint density at radius 1 is 0.647 bits per heavy atom. The maximum absolute atomic E-state index is 13.0. The van der Waals surface area contributed by atoms with Crippen LogP contribution in [0.5, 0.6) is 0 Å². The Kier molecular flexibility index (Phi) is 11.3. The zero-order valence-corrected chi connectivity index (χ0v) is 23.1. The van der Waals surface area contributed by atoms with Gasteiger partial charge in [-0.05, 0) is 81.0 Å². The van der Waals surface area contributed by atoms with Crippen molar-refractivity contribution in [2.24, 2.45) is 22.2 Å². The van der Waals surface area contributed by atoms with Crippen LogP contribution in [0.15, 0.2) is 0 Å². The van der Waals surface area contributed by atoms with Crippen molar-refractivity contribution in [2.45, 2.75) is 174 Å². The summed E-state index contributed by atoms with van der Waals surface area (Å²) in [5.74, 6) is 0.474. The molecule has 3 aliphatic carbocycles. The molecule has 0 radical (unpaired) electrons. The van der Waals surface area contributed by atoms with Crippen molar-refractivity contribution in [3.8, 4) is 0 Å². The van der Waals surface area contributed by atoms with Gasteiger partial charge in [0.15, 0.2) is 0 Å². The van der Waals surface area contributed by atoms with E-state index in [4.69, 9.17) is 0 Å². The molecule has 0 spiro atoms. The summed E-state index contributed by atoms with van der Waals surface area (Å²) in [6.07, 6.45) is 32.2. The van der Waals surface area contributed by atoms with Gasteiger partial charge in [-0.25, -0.2) is 0 Å². The number of hydrogen-bond donors (Lipinski definition) is 1. The molecule has 0 aromatic rings. The summed E-state index contributed by atoms with van der Waals surface area (Å²) in [5.41, 5.74) is 0.150. The lowest BCUT2D eigenvalue weighted by molar-refractivity contribution is -0.171. The van der Waals surface area contributed by atoms with Gasteiger partial charge in [0.1, 0.15) is 0 Å². The Morgan fingerprint density at radius 2 is 1.21 bits per heavy atom. The number of hydrogen-bond acceptors (Lipinski definition) is 1. The Hall–Kier alpha value is -0.530. The van der Waals surface area contributed by atoms with Crippen LogP contribution in [0.4, 0.5) is 0 Å². The highest BCUT2D eigenvalue weighted by Crippen LogP contribution is 2.64. The van der Waals surface area contributed by atoms with Gasteiger partial charge >= 0.3 is 5.97 Å². The maximum Gasteiger partial charge on any atom is 0.310 e. The molecule has 0 atom stereocenters. The van der Waals surface area contributed by atoms with Crippen LogP contribution >= 0.6 is 0 Å². The first-order valence-corrected chi connectivity index (χ1v) is 15.8. The molecule has 3 fully saturated rings. The normalized spacial score (nSPS) is 30.3. The van der Waals surface area contributed by atoms with E-state index in [-0.39, 0.29) is 5.41 Å². The number of rotatable bonds is 14. The van der Waals surface area contributed by atoms with Gasteiger partial charge in [0, 0.05) is 0 Å². The molecular formula is C32H58O2. The van der Waals surface area contributed by atoms with Crippen molar-refractivity contribution in [1.29, 1.82) is 0 Å². The predicted molar refractivity (Wildman–Crippen MR) is 145 cm³/mol. The minimum absolute atomic E-state index is 0.0629. The van der Waals surface area contributed by atoms with E-state index in [1.165, 1.54) is 135 Å². The molecular weight excluding hydrogens is 416 g/mol. The summed E-state index contributed by atoms with van der Waals surface area (Å²) in [6, 6.07) is 0. The Morgan fingerprint density at radius 3 is 1.76 bits per heavy atom. The summed E-state index contributed by atoms with van der Waals surface area (Å²) in [7, 11) is 0. The molecule has 198 valence electrons. The summed E-state index contributed by atoms with van der Waals surface area (Å²) < 4.78 is 0. The van der Waals surface area contributed by atoms with E-state index in [1.54, 1.807) is 0 Å². The highest BCUT2D eigenvalue weighted by atomic mass is 16.4. The SMILES string of the molecule is CCCCCCCCCCC1(C2(C(=O)O)CCCCC2)CCC(CCC)(C2CCCCC2)CC1. The van der Waals surface area contributed by atoms with Gasteiger partial charge in [-0.3, -0.25) is 4.79 Å². The third kappa shape index (κ3) is 6.42. The van der Waals surface area contributed by atoms with Crippen molar-refractivity contribution < 1.29 is 9.90 Å². The summed E-state index contributed by atoms with van der Waals surface area (Å²) in [5, 5.41) is 10.7. The molecule has 0 amide bonds. The van der Waals surface area contributed by atoms with Gasteiger partial charge in [-0.2, -0.15) is 0 Å². The van der Waals surface area contributed by atoms with Gasteiger partial charge in [-0.1, -0.05) is 110 Å². The molecule has 0 heterocycles. The van der Waals surface area contributed by atoms with Crippen LogP contribution in [0.1, 0.15) is 174 Å². The third-order valence-corrected chi connectivity index (χ3v) is 11.1. The molecule has 0 unspecified atom stereocenters. The minimum atomic E-state index is -0.438. The molecule has 3 rings (SSSR count). The fourth-order valence-corrected chi connectivity index (χ4v) is 8.99. The number of carboxylic acid groups (broad SMARTS) is 1. The summed E-state index contributed by atoms with van der Waals surface area (Å²) in [4.78, 5) is 13.0. The summed E-state index contributed by atoms with van der Waals surface area (Å²) in [6.45, 7) is 4.67. The van der Waals surface area contributed by atoms with E-state index in [1.807, 2.05) is 0 Å². The van der Waals surface area contributed by atoms with E-state index in [9.17, 15) is 9.90 Å². The second-order valence-corrected chi connectivity index (χ2v) is 12.9. The molecule has 1 N–H and O–H groups in total. The average Bonchev–Trinajstić information content (AvgIpc) is 2.87. The van der Waals surface area contributed by atoms with Gasteiger partial charge in [0.25, 0.3) is 0 Å². The molecule has 3 saturated carbocycles. The van der Waals surface area contributed by atoms with E-state index >= 15 is 0 Å². The molecule has 0 aromatic carbocycles. The lowest BCUT2D eigenvalue weighted by Gasteiger charge is -2.58. The highest BCUT2D eigenvalue weighted by Gasteiger charge is 2.58. The number of carboxylic acids is 1. The molecule has 0 saturated heterocycles. The largest absolute Gasteiger partial charge is 0.481 e. The zero-order chi connectivity index (χ0) is 24.3. The van der Waals surface area contributed by atoms with Crippen molar-refractivity contribution in [2.75, 3.05) is 0 Å². The van der Waals surface area contributed by atoms with E-state index in [2.05, 4.69) is 13.8 Å². The molecule has 0 aromatic heterocycles. The fraction of sp³-hybridized carbons (Fsp3) is 0.969. The van der Waals surface area contributed by atoms with Crippen LogP contribution in [-0.4, -0.2) is 11.1 Å². The van der Waals surface area contributed by atoms with Crippen LogP contribution in [0.2, 0.25) is 0 Å². The average molecular weight is 475 g/mol. The van der Waals surface area contributed by atoms with Crippen LogP contribution in [0, 0.1) is 22.2 Å². The standard InChI is InChI=1S/C32H58O2/c1-3-5-6-7-8-9-10-15-21-31(32(29(33)34)22-16-12-17-23-32)26-24-30(20-4-2,25-27-31)28-18-13-11-14-19-28/h28H,3-27H2,1-2H3,(H,33,34). The van der Waals surface area contributed by atoms with Crippen molar-refractivity contribution in [3.05, 3.63) is 0 Å². The quantitative estimate of drug-likeness (QED) is 0.254. The predicted octanol–water partition coefficient (Wildman–Crippen LogP) is 10.5.